The molecule has 0 aromatic heterocycles. The summed E-state index contributed by atoms with van der Waals surface area (Å²) in [7, 11) is 0. The molecule has 0 aliphatic carbocycles. The fraction of sp³-hybridized carbons (Fsp3) is 0.267. The number of hydrogen-bond donors (Lipinski definition) is 0. The Bertz CT molecular complexity index is 667. The summed E-state index contributed by atoms with van der Waals surface area (Å²) in [4.78, 5) is 0. The van der Waals surface area contributed by atoms with E-state index in [1.807, 2.05) is 91.1 Å². The molecule has 159 valence electrons. The van der Waals surface area contributed by atoms with Crippen LogP contribution in [0.25, 0.3) is 0 Å². The summed E-state index contributed by atoms with van der Waals surface area (Å²) >= 11 is 0. The molecule has 0 rings (SSSR count). The van der Waals surface area contributed by atoms with Gasteiger partial charge in [-0.3, -0.25) is 0 Å². The van der Waals surface area contributed by atoms with E-state index in [1.165, 1.54) is 51.0 Å². The maximum Gasteiger partial charge on any atom is -0.0348 e. The lowest BCUT2D eigenvalue weighted by Gasteiger charge is -1.97. The fourth-order valence-corrected chi connectivity index (χ4v) is 2.37. The van der Waals surface area contributed by atoms with Crippen molar-refractivity contribution in [3.05, 3.63) is 134 Å². The number of hydrogen-bond acceptors (Lipinski definition) is 0. The molecule has 0 aromatic rings. The highest BCUT2D eigenvalue weighted by atomic mass is 13.9. The lowest BCUT2D eigenvalue weighted by atomic mass is 10.1. The van der Waals surface area contributed by atoms with Crippen LogP contribution in [-0.4, -0.2) is 0 Å². The molecule has 0 nitrogen and oxygen atoms in total. The van der Waals surface area contributed by atoms with Crippen LogP contribution in [0.15, 0.2) is 128 Å². The van der Waals surface area contributed by atoms with E-state index < -0.39 is 0 Å². The van der Waals surface area contributed by atoms with Gasteiger partial charge in [0.05, 0.1) is 0 Å². The molecule has 0 amide bonds. The number of rotatable bonds is 17. The molecule has 0 N–H and O–H groups in total. The maximum absolute atomic E-state index is 5.23. The standard InChI is InChI=1S/C30H39/c1-3-5-7-9-11-13-15-17-19-21-23-25-27-29-30-28-26-24-22-20-18-16-14-12-10-8-6-4-2/h1,3,5,7,9,11,13,15,17-30H,4,6,8,10,12,14,16H2,2H3. The quantitative estimate of drug-likeness (QED) is 0.169. The van der Waals surface area contributed by atoms with Crippen LogP contribution in [0.2, 0.25) is 0 Å². The largest absolute Gasteiger partial charge is 0.0845 e. The average molecular weight is 400 g/mol. The maximum atomic E-state index is 5.23. The van der Waals surface area contributed by atoms with Gasteiger partial charge in [-0.2, -0.15) is 0 Å². The molecule has 0 aliphatic heterocycles. The second-order valence-corrected chi connectivity index (χ2v) is 6.64. The van der Waals surface area contributed by atoms with Crippen LogP contribution in [0.3, 0.4) is 0 Å². The molecular weight excluding hydrogens is 360 g/mol. The molecular formula is C30H39. The molecule has 0 unspecified atom stereocenters. The summed E-state index contributed by atoms with van der Waals surface area (Å²) < 4.78 is 0. The van der Waals surface area contributed by atoms with Crippen molar-refractivity contribution in [3.8, 4) is 0 Å². The van der Waals surface area contributed by atoms with Gasteiger partial charge in [0.1, 0.15) is 0 Å². The molecule has 0 bridgehead atoms. The lowest BCUT2D eigenvalue weighted by molar-refractivity contribution is 0.611. The normalized spacial score (nSPS) is 13.9. The van der Waals surface area contributed by atoms with Crippen molar-refractivity contribution in [3.63, 3.8) is 0 Å². The van der Waals surface area contributed by atoms with Crippen LogP contribution in [0.5, 0.6) is 0 Å². The predicted molar refractivity (Wildman–Crippen MR) is 138 cm³/mol. The van der Waals surface area contributed by atoms with Crippen molar-refractivity contribution in [2.24, 2.45) is 0 Å². The van der Waals surface area contributed by atoms with Crippen molar-refractivity contribution in [2.75, 3.05) is 0 Å². The zero-order valence-electron chi connectivity index (χ0n) is 18.7. The van der Waals surface area contributed by atoms with Crippen LogP contribution in [0.1, 0.15) is 51.9 Å². The second kappa shape index (κ2) is 26.1. The zero-order valence-corrected chi connectivity index (χ0v) is 18.7. The van der Waals surface area contributed by atoms with Gasteiger partial charge in [-0.05, 0) is 12.8 Å². The fourth-order valence-electron chi connectivity index (χ4n) is 2.37. The van der Waals surface area contributed by atoms with Crippen molar-refractivity contribution in [1.82, 2.24) is 0 Å². The molecule has 0 heteroatoms. The third kappa shape index (κ3) is 25.1. The molecule has 0 heterocycles. The van der Waals surface area contributed by atoms with E-state index >= 15 is 0 Å². The first-order valence-corrected chi connectivity index (χ1v) is 11.1. The third-order valence-corrected chi connectivity index (χ3v) is 3.97. The van der Waals surface area contributed by atoms with Crippen molar-refractivity contribution in [2.45, 2.75) is 51.9 Å². The first-order chi connectivity index (χ1) is 14.9. The summed E-state index contributed by atoms with van der Waals surface area (Å²) in [6.45, 7) is 7.49. The lowest BCUT2D eigenvalue weighted by Crippen LogP contribution is -1.77. The Balaban J connectivity index is 3.77. The van der Waals surface area contributed by atoms with E-state index in [-0.39, 0.29) is 0 Å². The van der Waals surface area contributed by atoms with Crippen LogP contribution < -0.4 is 0 Å². The average Bonchev–Trinajstić information content (AvgIpc) is 2.76. The van der Waals surface area contributed by atoms with E-state index in [1.54, 1.807) is 6.08 Å². The topological polar surface area (TPSA) is 0 Å². The van der Waals surface area contributed by atoms with Gasteiger partial charge in [-0.15, -0.1) is 0 Å². The summed E-state index contributed by atoms with van der Waals surface area (Å²) in [5, 5.41) is 0. The molecule has 0 saturated heterocycles. The number of unbranched alkanes of at least 4 members (excludes halogenated alkanes) is 6. The Labute approximate surface area is 186 Å². The highest BCUT2D eigenvalue weighted by Crippen LogP contribution is 2.07. The number of allylic oxidation sites excluding steroid dienone is 21. The highest BCUT2D eigenvalue weighted by molar-refractivity contribution is 5.22. The van der Waals surface area contributed by atoms with Gasteiger partial charge in [-0.1, -0.05) is 173 Å². The van der Waals surface area contributed by atoms with E-state index in [0.29, 0.717) is 0 Å². The summed E-state index contributed by atoms with van der Waals surface area (Å²) in [5.74, 6) is 0. The highest BCUT2D eigenvalue weighted by Gasteiger charge is 1.87. The van der Waals surface area contributed by atoms with Crippen LogP contribution >= 0.6 is 0 Å². The zero-order chi connectivity index (χ0) is 21.8. The predicted octanol–water partition coefficient (Wildman–Crippen LogP) is 9.29. The van der Waals surface area contributed by atoms with Gasteiger partial charge in [0.2, 0.25) is 0 Å². The van der Waals surface area contributed by atoms with E-state index in [4.69, 9.17) is 6.58 Å². The van der Waals surface area contributed by atoms with Crippen LogP contribution in [-0.2, 0) is 0 Å². The Morgan fingerprint density at radius 3 is 1.13 bits per heavy atom. The molecule has 1 radical (unpaired) electrons. The van der Waals surface area contributed by atoms with Gasteiger partial charge in [0.25, 0.3) is 0 Å². The van der Waals surface area contributed by atoms with E-state index in [0.717, 1.165) is 0 Å². The first-order valence-electron chi connectivity index (χ1n) is 11.1. The van der Waals surface area contributed by atoms with E-state index in [2.05, 4.69) is 31.2 Å². The SMILES string of the molecule is [CH]=CC=CC=CC=CC=CC=CC=CC=CC=CC=CC=CCCCCCCCC. The Kier molecular flexibility index (Phi) is 23.6. The molecule has 30 heavy (non-hydrogen) atoms. The summed E-state index contributed by atoms with van der Waals surface area (Å²) in [6, 6.07) is 0. The van der Waals surface area contributed by atoms with Gasteiger partial charge >= 0.3 is 0 Å². The monoisotopic (exact) mass is 399 g/mol. The Morgan fingerprint density at radius 2 is 0.733 bits per heavy atom. The van der Waals surface area contributed by atoms with Crippen molar-refractivity contribution in [1.29, 1.82) is 0 Å². The van der Waals surface area contributed by atoms with Gasteiger partial charge in [0, 0.05) is 0 Å². The molecule has 0 aliphatic rings. The smallest absolute Gasteiger partial charge is 0.0348 e. The first kappa shape index (κ1) is 27.1. The van der Waals surface area contributed by atoms with Crippen molar-refractivity contribution >= 4 is 0 Å². The molecule has 0 aromatic carbocycles. The molecule has 0 spiro atoms. The molecule has 0 atom stereocenters. The minimum absolute atomic E-state index is 1.19. The van der Waals surface area contributed by atoms with Gasteiger partial charge in [0.15, 0.2) is 0 Å². The van der Waals surface area contributed by atoms with Gasteiger partial charge in [-0.25, -0.2) is 0 Å². The minimum Gasteiger partial charge on any atom is -0.0845 e. The summed E-state index contributed by atoms with van der Waals surface area (Å²) in [5.41, 5.74) is 0. The Hall–Kier alpha value is -2.86. The minimum atomic E-state index is 1.19. The van der Waals surface area contributed by atoms with Crippen LogP contribution in [0.4, 0.5) is 0 Å². The third-order valence-electron chi connectivity index (χ3n) is 3.97. The molecule has 0 fully saturated rings. The van der Waals surface area contributed by atoms with Gasteiger partial charge < -0.3 is 0 Å². The Morgan fingerprint density at radius 1 is 0.400 bits per heavy atom. The van der Waals surface area contributed by atoms with Crippen molar-refractivity contribution < 1.29 is 0 Å². The van der Waals surface area contributed by atoms with Crippen LogP contribution in [0, 0.1) is 6.58 Å². The van der Waals surface area contributed by atoms with E-state index in [9.17, 15) is 0 Å². The molecule has 0 saturated carbocycles. The second-order valence-electron chi connectivity index (χ2n) is 6.64. The summed E-state index contributed by atoms with van der Waals surface area (Å²) in [6.07, 6.45) is 51.0.